The van der Waals surface area contributed by atoms with Crippen LogP contribution in [-0.2, 0) is 25.7 Å². The number of imidazole rings is 2. The molecule has 4 aliphatic rings. The number of amides is 4. The molecule has 5 aromatic rings. The Morgan fingerprint density at radius 1 is 0.889 bits per heavy atom. The topological polar surface area (TPSA) is 204 Å². The summed E-state index contributed by atoms with van der Waals surface area (Å²) in [6, 6.07) is 12.3. The van der Waals surface area contributed by atoms with Crippen molar-refractivity contribution in [1.29, 1.82) is 0 Å². The molecule has 63 heavy (non-hydrogen) atoms. The summed E-state index contributed by atoms with van der Waals surface area (Å²) in [6.07, 6.45) is 4.25. The molecule has 0 saturated carbocycles. The second-order valence-corrected chi connectivity index (χ2v) is 18.4. The normalized spacial score (nSPS) is 22.7. The predicted molar refractivity (Wildman–Crippen MR) is 235 cm³/mol. The van der Waals surface area contributed by atoms with Crippen molar-refractivity contribution in [2.75, 3.05) is 20.3 Å². The van der Waals surface area contributed by atoms with E-state index in [1.807, 2.05) is 38.7 Å². The summed E-state index contributed by atoms with van der Waals surface area (Å²) in [5, 5.41) is 16.7. The average molecular weight is 861 g/mol. The SMILES string of the molecule is COC(=O)N[C@H](C(=O)N1[C@@H](C)CC[C@H]1c1nc2c(ccc3cc4c(cc32)OCc2cc(-c3cnc([C@@H]5CC[C@H](C)N5C(=O)[C@@H](NC(=O)O)C(C)C)[nH]3)ccc2-4)[nH]1)C1(C)CCOCC1. The Morgan fingerprint density at radius 3 is 2.30 bits per heavy atom. The molecule has 6 heterocycles. The van der Waals surface area contributed by atoms with Gasteiger partial charge < -0.3 is 49.7 Å². The van der Waals surface area contributed by atoms with Crippen LogP contribution < -0.4 is 15.4 Å². The van der Waals surface area contributed by atoms with E-state index in [9.17, 15) is 24.3 Å². The average Bonchev–Trinajstić information content (AvgIpc) is 4.09. The molecule has 16 nitrogen and oxygen atoms in total. The Morgan fingerprint density at radius 2 is 1.60 bits per heavy atom. The maximum Gasteiger partial charge on any atom is 0.407 e. The standard InChI is InChI=1S/C47H56N8O8/c1-24(2)38(52-45(58)59)43(56)54-25(3)7-13-35(54)41-48-22-34(50-41)28-9-11-30-29(19-28)23-63-37-21-31-27(20-32(30)37)10-12-33-39(31)51-42(49-33)36-14-8-26(4)55(36)44(57)40(53-46(60)61-6)47(5)15-17-62-18-16-47/h9-12,19-22,24-26,35-36,38,40,52H,7-8,13-18,23H2,1-6H3,(H,48,50)(H,49,51)(H,53,60)(H,58,59)/t25-,26-,35-,36-,38-,40+/m0/s1. The van der Waals surface area contributed by atoms with Gasteiger partial charge in [0.05, 0.1) is 42.1 Å². The van der Waals surface area contributed by atoms with Gasteiger partial charge in [-0.05, 0) is 105 Å². The third-order valence-electron chi connectivity index (χ3n) is 14.0. The number of H-pyrrole nitrogens is 2. The third-order valence-corrected chi connectivity index (χ3v) is 14.0. The molecule has 9 rings (SSSR count). The molecule has 332 valence electrons. The summed E-state index contributed by atoms with van der Waals surface area (Å²) < 4.78 is 17.0. The summed E-state index contributed by atoms with van der Waals surface area (Å²) in [5.74, 6) is 1.54. The van der Waals surface area contributed by atoms with E-state index in [-0.39, 0.29) is 41.9 Å². The van der Waals surface area contributed by atoms with Crippen molar-refractivity contribution in [3.05, 3.63) is 65.9 Å². The minimum atomic E-state index is -1.22. The maximum atomic E-state index is 14.6. The molecule has 16 heteroatoms. The van der Waals surface area contributed by atoms with E-state index in [0.29, 0.717) is 44.3 Å². The van der Waals surface area contributed by atoms with E-state index >= 15 is 0 Å². The number of likely N-dealkylation sites (tertiary alicyclic amines) is 2. The van der Waals surface area contributed by atoms with E-state index in [1.54, 1.807) is 11.1 Å². The van der Waals surface area contributed by atoms with Gasteiger partial charge in [-0.25, -0.2) is 19.6 Å². The van der Waals surface area contributed by atoms with E-state index < -0.39 is 29.7 Å². The largest absolute Gasteiger partial charge is 0.488 e. The zero-order valence-electron chi connectivity index (χ0n) is 36.6. The molecular formula is C47H56N8O8. The number of benzene rings is 3. The quantitative estimate of drug-likeness (QED) is 0.0982. The van der Waals surface area contributed by atoms with Gasteiger partial charge in [0.15, 0.2) is 0 Å². The van der Waals surface area contributed by atoms with E-state index in [0.717, 1.165) is 81.2 Å². The molecule has 3 aromatic carbocycles. The number of nitrogens with one attached hydrogen (secondary N) is 4. The van der Waals surface area contributed by atoms with Crippen LogP contribution in [0.2, 0.25) is 0 Å². The van der Waals surface area contributed by atoms with Gasteiger partial charge in [-0.3, -0.25) is 9.59 Å². The number of aromatic amines is 2. The molecule has 0 unspecified atom stereocenters. The second-order valence-electron chi connectivity index (χ2n) is 18.4. The first-order valence-electron chi connectivity index (χ1n) is 22.1. The number of aromatic nitrogens is 4. The van der Waals surface area contributed by atoms with Crippen molar-refractivity contribution in [3.8, 4) is 28.1 Å². The van der Waals surface area contributed by atoms with Crippen LogP contribution in [0.1, 0.15) is 102 Å². The van der Waals surface area contributed by atoms with Gasteiger partial charge >= 0.3 is 12.2 Å². The van der Waals surface area contributed by atoms with Crippen LogP contribution in [0.25, 0.3) is 44.2 Å². The van der Waals surface area contributed by atoms with E-state index in [2.05, 4.69) is 63.9 Å². The summed E-state index contributed by atoms with van der Waals surface area (Å²) in [5.41, 5.74) is 5.99. The van der Waals surface area contributed by atoms with Crippen LogP contribution in [0.5, 0.6) is 5.75 Å². The van der Waals surface area contributed by atoms with Crippen LogP contribution in [-0.4, -0.2) is 103 Å². The number of ether oxygens (including phenoxy) is 3. The van der Waals surface area contributed by atoms with Crippen molar-refractivity contribution in [2.45, 2.75) is 116 Å². The van der Waals surface area contributed by atoms with Crippen LogP contribution in [0.15, 0.2) is 48.7 Å². The van der Waals surface area contributed by atoms with Crippen molar-refractivity contribution >= 4 is 45.8 Å². The van der Waals surface area contributed by atoms with Gasteiger partial charge in [0, 0.05) is 41.7 Å². The number of fused-ring (bicyclic) bond motifs is 6. The smallest absolute Gasteiger partial charge is 0.407 e. The highest BCUT2D eigenvalue weighted by Crippen LogP contribution is 2.45. The van der Waals surface area contributed by atoms with Crippen LogP contribution in [0, 0.1) is 11.3 Å². The molecule has 0 bridgehead atoms. The Labute approximate surface area is 365 Å². The fourth-order valence-corrected chi connectivity index (χ4v) is 10.3. The molecular weight excluding hydrogens is 805 g/mol. The van der Waals surface area contributed by atoms with Crippen LogP contribution in [0.4, 0.5) is 9.59 Å². The van der Waals surface area contributed by atoms with Gasteiger partial charge in [0.2, 0.25) is 11.8 Å². The van der Waals surface area contributed by atoms with Crippen molar-refractivity contribution in [3.63, 3.8) is 0 Å². The van der Waals surface area contributed by atoms with E-state index in [4.69, 9.17) is 24.2 Å². The lowest BCUT2D eigenvalue weighted by atomic mass is 9.75. The van der Waals surface area contributed by atoms with Gasteiger partial charge in [0.25, 0.3) is 0 Å². The molecule has 6 atom stereocenters. The Bertz CT molecular complexity index is 2600. The first-order valence-corrected chi connectivity index (χ1v) is 22.1. The summed E-state index contributed by atoms with van der Waals surface area (Å²) in [6.45, 7) is 11.2. The predicted octanol–water partition coefficient (Wildman–Crippen LogP) is 7.60. The summed E-state index contributed by atoms with van der Waals surface area (Å²) >= 11 is 0. The van der Waals surface area contributed by atoms with Crippen LogP contribution >= 0.6 is 0 Å². The number of hydrogen-bond donors (Lipinski definition) is 5. The van der Waals surface area contributed by atoms with Crippen molar-refractivity contribution in [2.24, 2.45) is 11.3 Å². The molecule has 2 aromatic heterocycles. The second kappa shape index (κ2) is 16.5. The highest BCUT2D eigenvalue weighted by Gasteiger charge is 2.48. The number of methoxy groups -OCH3 is 1. The van der Waals surface area contributed by atoms with E-state index in [1.165, 1.54) is 7.11 Å². The number of alkyl carbamates (subject to hydrolysis) is 1. The molecule has 0 radical (unpaired) electrons. The fourth-order valence-electron chi connectivity index (χ4n) is 10.3. The highest BCUT2D eigenvalue weighted by atomic mass is 16.5. The third kappa shape index (κ3) is 7.61. The number of carbonyl (C=O) groups excluding carboxylic acids is 3. The lowest BCUT2D eigenvalue weighted by molar-refractivity contribution is -0.141. The van der Waals surface area contributed by atoms with Gasteiger partial charge in [-0.1, -0.05) is 39.0 Å². The van der Waals surface area contributed by atoms with Gasteiger partial charge in [-0.2, -0.15) is 0 Å². The fraction of sp³-hybridized carbons (Fsp3) is 0.489. The number of rotatable bonds is 9. The van der Waals surface area contributed by atoms with Crippen molar-refractivity contribution < 1.29 is 38.5 Å². The lowest BCUT2D eigenvalue weighted by Crippen LogP contribution is -2.58. The molecule has 0 aliphatic carbocycles. The molecule has 0 spiro atoms. The molecule has 3 saturated heterocycles. The minimum Gasteiger partial charge on any atom is -0.488 e. The molecule has 4 amide bonds. The minimum absolute atomic E-state index is 0.0568. The van der Waals surface area contributed by atoms with Gasteiger partial charge in [-0.15, -0.1) is 0 Å². The molecule has 3 fully saturated rings. The Kier molecular flexibility index (Phi) is 11.1. The first kappa shape index (κ1) is 42.2. The Balaban J connectivity index is 0.975. The zero-order chi connectivity index (χ0) is 44.3. The van der Waals surface area contributed by atoms with Crippen LogP contribution in [0.3, 0.4) is 0 Å². The lowest BCUT2D eigenvalue weighted by Gasteiger charge is -2.42. The summed E-state index contributed by atoms with van der Waals surface area (Å²) in [7, 11) is 1.31. The maximum absolute atomic E-state index is 14.6. The summed E-state index contributed by atoms with van der Waals surface area (Å²) in [4.78, 5) is 73.0. The van der Waals surface area contributed by atoms with Gasteiger partial charge in [0.1, 0.15) is 36.1 Å². The number of carbonyl (C=O) groups is 4. The van der Waals surface area contributed by atoms with Crippen molar-refractivity contribution in [1.82, 2.24) is 40.4 Å². The number of carboxylic acid groups (broad SMARTS) is 1. The molecule has 4 aliphatic heterocycles. The highest BCUT2D eigenvalue weighted by molar-refractivity contribution is 6.07. The monoisotopic (exact) mass is 860 g/mol. The zero-order valence-corrected chi connectivity index (χ0v) is 36.6. The number of nitrogens with zero attached hydrogens (tertiary/aromatic N) is 4. The molecule has 5 N–H and O–H groups in total. The first-order chi connectivity index (χ1) is 30.2. The number of hydrogen-bond acceptors (Lipinski definition) is 9. The Hall–Kier alpha value is -6.16.